The molecule has 8 heteroatoms. The number of piperidine rings is 1. The number of hydrogen-bond acceptors (Lipinski definition) is 4. The number of benzene rings is 1. The van der Waals surface area contributed by atoms with E-state index in [0.29, 0.717) is 30.5 Å². The number of urea groups is 1. The van der Waals surface area contributed by atoms with E-state index in [-0.39, 0.29) is 23.9 Å². The van der Waals surface area contributed by atoms with E-state index in [2.05, 4.69) is 22.0 Å². The van der Waals surface area contributed by atoms with E-state index in [9.17, 15) is 9.59 Å². The monoisotopic (exact) mass is 562 g/mol. The summed E-state index contributed by atoms with van der Waals surface area (Å²) in [5, 5.41) is 10.7. The second-order valence-corrected chi connectivity index (χ2v) is 12.0. The molecule has 2 aliphatic rings. The van der Waals surface area contributed by atoms with E-state index in [0.717, 1.165) is 57.2 Å². The number of carbonyl (C=O) groups excluding carboxylic acids is 2. The predicted octanol–water partition coefficient (Wildman–Crippen LogP) is 5.86. The Bertz CT molecular complexity index is 894. The lowest BCUT2D eigenvalue weighted by Gasteiger charge is -2.47. The first-order valence-corrected chi connectivity index (χ1v) is 15.6. The second kappa shape index (κ2) is 16.4. The Kier molecular flexibility index (Phi) is 13.4. The lowest BCUT2D eigenvalue weighted by atomic mass is 9.71. The summed E-state index contributed by atoms with van der Waals surface area (Å²) in [6, 6.07) is 8.02. The van der Waals surface area contributed by atoms with Gasteiger partial charge >= 0.3 is 6.03 Å². The number of nitrogens with one attached hydrogen (secondary N) is 3. The summed E-state index contributed by atoms with van der Waals surface area (Å²) in [4.78, 5) is 28.6. The van der Waals surface area contributed by atoms with Crippen LogP contribution in [-0.4, -0.2) is 63.3 Å². The number of ether oxygens (including phenoxy) is 1. The first-order valence-electron chi connectivity index (χ1n) is 15.2. The first kappa shape index (κ1) is 31.7. The van der Waals surface area contributed by atoms with E-state index in [1.54, 1.807) is 7.11 Å². The normalized spacial score (nSPS) is 20.7. The summed E-state index contributed by atoms with van der Waals surface area (Å²) in [6.45, 7) is 4.67. The molecule has 0 bridgehead atoms. The Balaban J connectivity index is 1.81. The van der Waals surface area contributed by atoms with Crippen molar-refractivity contribution in [2.75, 3.05) is 40.4 Å². The topological polar surface area (TPSA) is 82.7 Å². The van der Waals surface area contributed by atoms with Gasteiger partial charge in [0.15, 0.2) is 0 Å². The molecule has 3 N–H and O–H groups in total. The Morgan fingerprint density at radius 3 is 2.64 bits per heavy atom. The molecule has 3 unspecified atom stereocenters. The van der Waals surface area contributed by atoms with Crippen LogP contribution in [0.3, 0.4) is 0 Å². The van der Waals surface area contributed by atoms with E-state index >= 15 is 0 Å². The molecule has 220 valence electrons. The maximum Gasteiger partial charge on any atom is 0.317 e. The molecule has 7 nitrogen and oxygen atoms in total. The van der Waals surface area contributed by atoms with Gasteiger partial charge in [-0.1, -0.05) is 62.8 Å². The maximum absolute atomic E-state index is 13.6. The van der Waals surface area contributed by atoms with Gasteiger partial charge < -0.3 is 25.6 Å². The summed E-state index contributed by atoms with van der Waals surface area (Å²) < 4.78 is 5.31. The van der Waals surface area contributed by atoms with Gasteiger partial charge in [0, 0.05) is 56.8 Å². The van der Waals surface area contributed by atoms with Gasteiger partial charge in [-0.05, 0) is 69.2 Å². The number of nitrogens with zero attached hydrogens (tertiary/aromatic N) is 1. The largest absolute Gasteiger partial charge is 0.385 e. The van der Waals surface area contributed by atoms with Crippen molar-refractivity contribution in [3.05, 3.63) is 34.9 Å². The second-order valence-electron chi connectivity index (χ2n) is 11.6. The molecule has 1 heterocycles. The molecule has 39 heavy (non-hydrogen) atoms. The highest BCUT2D eigenvalue weighted by atomic mass is 35.5. The number of likely N-dealkylation sites (N-methyl/N-ethyl adjacent to an activating group) is 1. The van der Waals surface area contributed by atoms with Crippen LogP contribution in [0.1, 0.15) is 89.5 Å². The van der Waals surface area contributed by atoms with Crippen LogP contribution < -0.4 is 16.0 Å². The third-order valence-electron chi connectivity index (χ3n) is 8.72. The number of methoxy groups -OCH3 is 1. The standard InChI is InChI=1S/C31H51ClN4O3/c1-4-29(37)35-31(17-8-9-19-39-3,25-14-10-16-27(32)21-25)26-15-11-18-36(23-26)30(38)34-28(22-33-2)20-24-12-6-5-7-13-24/h10,14,16,21,24,26,28,33H,4-9,11-13,15,17-20,22-23H2,1-3H3,(H,34,38)(H,35,37). The molecular weight excluding hydrogens is 512 g/mol. The molecule has 0 aromatic heterocycles. The molecule has 3 rings (SSSR count). The maximum atomic E-state index is 13.6. The first-order chi connectivity index (χ1) is 18.9. The summed E-state index contributed by atoms with van der Waals surface area (Å²) >= 11 is 6.48. The molecule has 1 aromatic carbocycles. The van der Waals surface area contributed by atoms with Crippen molar-refractivity contribution in [1.29, 1.82) is 0 Å². The number of hydrogen-bond donors (Lipinski definition) is 3. The zero-order valence-corrected chi connectivity index (χ0v) is 25.2. The molecule has 3 atom stereocenters. The molecule has 1 saturated carbocycles. The highest BCUT2D eigenvalue weighted by molar-refractivity contribution is 6.30. The predicted molar refractivity (Wildman–Crippen MR) is 159 cm³/mol. The molecule has 0 radical (unpaired) electrons. The summed E-state index contributed by atoms with van der Waals surface area (Å²) in [7, 11) is 3.67. The van der Waals surface area contributed by atoms with Crippen molar-refractivity contribution in [2.45, 2.75) is 95.6 Å². The van der Waals surface area contributed by atoms with Crippen LogP contribution in [0.25, 0.3) is 0 Å². The number of rotatable bonds is 14. The molecule has 1 aliphatic heterocycles. The molecular formula is C31H51ClN4O3. The van der Waals surface area contributed by atoms with Gasteiger partial charge in [-0.25, -0.2) is 4.79 Å². The van der Waals surface area contributed by atoms with Crippen LogP contribution in [0.5, 0.6) is 0 Å². The van der Waals surface area contributed by atoms with Crippen molar-refractivity contribution in [1.82, 2.24) is 20.9 Å². The lowest BCUT2D eigenvalue weighted by molar-refractivity contribution is -0.124. The van der Waals surface area contributed by atoms with Crippen LogP contribution >= 0.6 is 11.6 Å². The van der Waals surface area contributed by atoms with Gasteiger partial charge in [0.05, 0.1) is 5.54 Å². The summed E-state index contributed by atoms with van der Waals surface area (Å²) in [5.74, 6) is 0.790. The minimum absolute atomic E-state index is 0.0111. The van der Waals surface area contributed by atoms with Crippen molar-refractivity contribution in [3.8, 4) is 0 Å². The van der Waals surface area contributed by atoms with E-state index in [1.807, 2.05) is 37.1 Å². The average Bonchev–Trinajstić information content (AvgIpc) is 2.95. The quantitative estimate of drug-likeness (QED) is 0.248. The molecule has 1 aliphatic carbocycles. The Labute approximate surface area is 241 Å². The van der Waals surface area contributed by atoms with Crippen LogP contribution in [0.15, 0.2) is 24.3 Å². The fourth-order valence-corrected chi connectivity index (χ4v) is 6.86. The van der Waals surface area contributed by atoms with E-state index < -0.39 is 5.54 Å². The van der Waals surface area contributed by atoms with E-state index in [1.165, 1.54) is 32.1 Å². The Morgan fingerprint density at radius 2 is 1.95 bits per heavy atom. The number of carbonyl (C=O) groups is 2. The van der Waals surface area contributed by atoms with Gasteiger partial charge in [-0.2, -0.15) is 0 Å². The Hall–Kier alpha value is -1.83. The number of amides is 3. The van der Waals surface area contributed by atoms with Crippen molar-refractivity contribution >= 4 is 23.5 Å². The van der Waals surface area contributed by atoms with Crippen molar-refractivity contribution < 1.29 is 14.3 Å². The number of halogens is 1. The molecule has 1 aromatic rings. The minimum Gasteiger partial charge on any atom is -0.385 e. The van der Waals surface area contributed by atoms with Crippen molar-refractivity contribution in [2.24, 2.45) is 11.8 Å². The van der Waals surface area contributed by atoms with Gasteiger partial charge in [0.2, 0.25) is 5.91 Å². The van der Waals surface area contributed by atoms with Gasteiger partial charge in [0.1, 0.15) is 0 Å². The molecule has 3 amide bonds. The average molecular weight is 563 g/mol. The van der Waals surface area contributed by atoms with Crippen molar-refractivity contribution in [3.63, 3.8) is 0 Å². The SMILES string of the molecule is CCC(=O)NC(CCCCOC)(c1cccc(Cl)c1)C1CCCN(C(=O)NC(CNC)CC2CCCCC2)C1. The van der Waals surface area contributed by atoms with Gasteiger partial charge in [-0.3, -0.25) is 4.79 Å². The number of likely N-dealkylation sites (tertiary alicyclic amines) is 1. The fraction of sp³-hybridized carbons (Fsp3) is 0.742. The third kappa shape index (κ3) is 9.36. The highest BCUT2D eigenvalue weighted by Gasteiger charge is 2.44. The van der Waals surface area contributed by atoms with Crippen LogP contribution in [0.2, 0.25) is 5.02 Å². The van der Waals surface area contributed by atoms with Gasteiger partial charge in [0.25, 0.3) is 0 Å². The zero-order chi connectivity index (χ0) is 28.1. The number of unbranched alkanes of at least 4 members (excludes halogenated alkanes) is 1. The molecule has 2 fully saturated rings. The molecule has 1 saturated heterocycles. The smallest absolute Gasteiger partial charge is 0.317 e. The molecule has 0 spiro atoms. The third-order valence-corrected chi connectivity index (χ3v) is 8.95. The minimum atomic E-state index is -0.600. The highest BCUT2D eigenvalue weighted by Crippen LogP contribution is 2.41. The summed E-state index contributed by atoms with van der Waals surface area (Å²) in [5.41, 5.74) is 0.420. The van der Waals surface area contributed by atoms with E-state index in [4.69, 9.17) is 16.3 Å². The lowest BCUT2D eigenvalue weighted by Crippen LogP contribution is -2.58. The van der Waals surface area contributed by atoms with Crippen LogP contribution in [-0.2, 0) is 15.1 Å². The van der Waals surface area contributed by atoms with Gasteiger partial charge in [-0.15, -0.1) is 0 Å². The Morgan fingerprint density at radius 1 is 1.15 bits per heavy atom. The van der Waals surface area contributed by atoms with Crippen LogP contribution in [0, 0.1) is 11.8 Å². The fourth-order valence-electron chi connectivity index (χ4n) is 6.67. The summed E-state index contributed by atoms with van der Waals surface area (Å²) in [6.07, 6.45) is 12.3. The van der Waals surface area contributed by atoms with Crippen LogP contribution in [0.4, 0.5) is 4.79 Å². The zero-order valence-electron chi connectivity index (χ0n) is 24.4.